The van der Waals surface area contributed by atoms with Crippen LogP contribution in [0, 0.1) is 0 Å². The minimum absolute atomic E-state index is 1.32. The SMILES string of the molecule is CCCCCCCCCCCCCCCCc1cscc1CCCCCCC. The minimum Gasteiger partial charge on any atom is -0.152 e. The van der Waals surface area contributed by atoms with E-state index in [9.17, 15) is 0 Å². The summed E-state index contributed by atoms with van der Waals surface area (Å²) in [6.07, 6.45) is 30.0. The predicted octanol–water partition coefficient (Wildman–Crippen LogP) is 10.3. The van der Waals surface area contributed by atoms with Gasteiger partial charge in [0.15, 0.2) is 0 Å². The van der Waals surface area contributed by atoms with Crippen molar-refractivity contribution in [1.82, 2.24) is 0 Å². The van der Waals surface area contributed by atoms with Crippen LogP contribution in [0.25, 0.3) is 0 Å². The lowest BCUT2D eigenvalue weighted by atomic mass is 10.00. The van der Waals surface area contributed by atoms with E-state index < -0.39 is 0 Å². The van der Waals surface area contributed by atoms with Crippen molar-refractivity contribution in [1.29, 1.82) is 0 Å². The van der Waals surface area contributed by atoms with Crippen LogP contribution in [0.5, 0.6) is 0 Å². The maximum absolute atomic E-state index is 2.42. The van der Waals surface area contributed by atoms with Crippen molar-refractivity contribution in [2.24, 2.45) is 0 Å². The van der Waals surface area contributed by atoms with Gasteiger partial charge in [0, 0.05) is 0 Å². The fraction of sp³-hybridized carbons (Fsp3) is 0.852. The van der Waals surface area contributed by atoms with Crippen LogP contribution in [0.3, 0.4) is 0 Å². The average Bonchev–Trinajstić information content (AvgIpc) is 3.15. The van der Waals surface area contributed by atoms with Gasteiger partial charge >= 0.3 is 0 Å². The topological polar surface area (TPSA) is 0 Å². The smallest absolute Gasteiger partial charge is 0.00584 e. The standard InChI is InChI=1S/C27H50S/c1-3-5-7-9-10-11-12-13-14-15-16-17-19-21-23-27-25-28-24-26(27)22-20-18-8-6-4-2/h24-25H,3-23H2,1-2H3. The molecule has 0 aliphatic carbocycles. The number of thiophene rings is 1. The third-order valence-corrected chi connectivity index (χ3v) is 7.02. The first-order valence-corrected chi connectivity index (χ1v) is 13.9. The fourth-order valence-corrected chi connectivity index (χ4v) is 5.15. The fourth-order valence-electron chi connectivity index (χ4n) is 4.22. The van der Waals surface area contributed by atoms with Gasteiger partial charge in [0.25, 0.3) is 0 Å². The molecule has 1 rings (SSSR count). The molecule has 1 heterocycles. The Morgan fingerprint density at radius 2 is 0.714 bits per heavy atom. The van der Waals surface area contributed by atoms with Crippen molar-refractivity contribution >= 4 is 11.3 Å². The molecule has 1 heteroatoms. The Balaban J connectivity index is 1.88. The summed E-state index contributed by atoms with van der Waals surface area (Å²) in [5.74, 6) is 0. The Labute approximate surface area is 181 Å². The molecule has 0 aliphatic rings. The van der Waals surface area contributed by atoms with Crippen molar-refractivity contribution in [2.45, 2.75) is 149 Å². The van der Waals surface area contributed by atoms with Gasteiger partial charge in [-0.25, -0.2) is 0 Å². The van der Waals surface area contributed by atoms with Crippen LogP contribution >= 0.6 is 11.3 Å². The highest BCUT2D eigenvalue weighted by molar-refractivity contribution is 7.08. The molecule has 0 amide bonds. The van der Waals surface area contributed by atoms with Crippen molar-refractivity contribution in [3.05, 3.63) is 21.9 Å². The molecule has 0 fully saturated rings. The molecule has 164 valence electrons. The molecule has 0 spiro atoms. The summed E-state index contributed by atoms with van der Waals surface area (Å²) in [5.41, 5.74) is 3.33. The van der Waals surface area contributed by atoms with E-state index in [0.717, 1.165) is 0 Å². The maximum atomic E-state index is 2.42. The monoisotopic (exact) mass is 406 g/mol. The van der Waals surface area contributed by atoms with Crippen LogP contribution in [0.2, 0.25) is 0 Å². The lowest BCUT2D eigenvalue weighted by Gasteiger charge is -2.05. The van der Waals surface area contributed by atoms with Gasteiger partial charge in [-0.15, -0.1) is 0 Å². The van der Waals surface area contributed by atoms with E-state index in [4.69, 9.17) is 0 Å². The molecule has 0 aromatic carbocycles. The Morgan fingerprint density at radius 3 is 1.04 bits per heavy atom. The zero-order valence-electron chi connectivity index (χ0n) is 19.4. The third-order valence-electron chi connectivity index (χ3n) is 6.18. The molecule has 1 aromatic rings. The second-order valence-corrected chi connectivity index (χ2v) is 9.68. The van der Waals surface area contributed by atoms with Gasteiger partial charge in [-0.3, -0.25) is 0 Å². The summed E-state index contributed by atoms with van der Waals surface area (Å²) in [6.45, 7) is 4.60. The van der Waals surface area contributed by atoms with Gasteiger partial charge < -0.3 is 0 Å². The van der Waals surface area contributed by atoms with Gasteiger partial charge in [-0.05, 0) is 47.6 Å². The first-order valence-electron chi connectivity index (χ1n) is 12.9. The molecule has 0 N–H and O–H groups in total. The zero-order valence-corrected chi connectivity index (χ0v) is 20.2. The zero-order chi connectivity index (χ0) is 20.1. The molecule has 28 heavy (non-hydrogen) atoms. The predicted molar refractivity (Wildman–Crippen MR) is 131 cm³/mol. The summed E-state index contributed by atoms with van der Waals surface area (Å²) < 4.78 is 0. The lowest BCUT2D eigenvalue weighted by molar-refractivity contribution is 0.535. The first-order chi connectivity index (χ1) is 13.9. The molecule has 0 aliphatic heterocycles. The van der Waals surface area contributed by atoms with E-state index in [1.165, 1.54) is 135 Å². The average molecular weight is 407 g/mol. The molecule has 0 saturated heterocycles. The number of aryl methyl sites for hydroxylation is 2. The van der Waals surface area contributed by atoms with E-state index in [2.05, 4.69) is 24.6 Å². The molecule has 1 aromatic heterocycles. The minimum atomic E-state index is 1.32. The highest BCUT2D eigenvalue weighted by Gasteiger charge is 2.04. The van der Waals surface area contributed by atoms with Crippen molar-refractivity contribution in [3.63, 3.8) is 0 Å². The molecular weight excluding hydrogens is 356 g/mol. The van der Waals surface area contributed by atoms with E-state index in [1.54, 1.807) is 11.1 Å². The molecule has 0 atom stereocenters. The van der Waals surface area contributed by atoms with Gasteiger partial charge in [0.1, 0.15) is 0 Å². The second-order valence-electron chi connectivity index (χ2n) is 8.93. The summed E-state index contributed by atoms with van der Waals surface area (Å²) >= 11 is 1.92. The molecule has 0 nitrogen and oxygen atoms in total. The Kier molecular flexibility index (Phi) is 18.4. The van der Waals surface area contributed by atoms with E-state index in [1.807, 2.05) is 11.3 Å². The third kappa shape index (κ3) is 14.7. The normalized spacial score (nSPS) is 11.4. The largest absolute Gasteiger partial charge is 0.152 e. The molecule has 0 radical (unpaired) electrons. The van der Waals surface area contributed by atoms with Crippen molar-refractivity contribution < 1.29 is 0 Å². The highest BCUT2D eigenvalue weighted by atomic mass is 32.1. The first kappa shape index (κ1) is 25.7. The van der Waals surface area contributed by atoms with Gasteiger partial charge in [0.05, 0.1) is 0 Å². The molecule has 0 saturated carbocycles. The number of rotatable bonds is 21. The summed E-state index contributed by atoms with van der Waals surface area (Å²) in [6, 6.07) is 0. The summed E-state index contributed by atoms with van der Waals surface area (Å²) in [5, 5.41) is 4.84. The second kappa shape index (κ2) is 20.0. The van der Waals surface area contributed by atoms with Gasteiger partial charge in [-0.1, -0.05) is 123 Å². The Hall–Kier alpha value is -0.300. The van der Waals surface area contributed by atoms with Crippen LogP contribution < -0.4 is 0 Å². The van der Waals surface area contributed by atoms with E-state index in [0.29, 0.717) is 0 Å². The van der Waals surface area contributed by atoms with E-state index >= 15 is 0 Å². The molecular formula is C27H50S. The maximum Gasteiger partial charge on any atom is -0.00584 e. The van der Waals surface area contributed by atoms with Crippen LogP contribution in [0.1, 0.15) is 147 Å². The van der Waals surface area contributed by atoms with Crippen LogP contribution in [0.15, 0.2) is 10.8 Å². The summed E-state index contributed by atoms with van der Waals surface area (Å²) in [4.78, 5) is 0. The quantitative estimate of drug-likeness (QED) is 0.178. The van der Waals surface area contributed by atoms with Crippen LogP contribution in [0.4, 0.5) is 0 Å². The van der Waals surface area contributed by atoms with Gasteiger partial charge in [-0.2, -0.15) is 11.3 Å². The van der Waals surface area contributed by atoms with Crippen molar-refractivity contribution in [3.8, 4) is 0 Å². The summed E-state index contributed by atoms with van der Waals surface area (Å²) in [7, 11) is 0. The number of hydrogen-bond acceptors (Lipinski definition) is 1. The Bertz CT molecular complexity index is 420. The molecule has 0 unspecified atom stereocenters. The highest BCUT2D eigenvalue weighted by Crippen LogP contribution is 2.21. The molecule has 0 bridgehead atoms. The van der Waals surface area contributed by atoms with E-state index in [-0.39, 0.29) is 0 Å². The van der Waals surface area contributed by atoms with Crippen LogP contribution in [-0.2, 0) is 12.8 Å². The van der Waals surface area contributed by atoms with Crippen LogP contribution in [-0.4, -0.2) is 0 Å². The van der Waals surface area contributed by atoms with Crippen molar-refractivity contribution in [2.75, 3.05) is 0 Å². The number of unbranched alkanes of at least 4 members (excludes halogenated alkanes) is 17. The number of hydrogen-bond donors (Lipinski definition) is 0. The Morgan fingerprint density at radius 1 is 0.429 bits per heavy atom. The van der Waals surface area contributed by atoms with Gasteiger partial charge in [0.2, 0.25) is 0 Å². The lowest BCUT2D eigenvalue weighted by Crippen LogP contribution is -1.92.